The smallest absolute Gasteiger partial charge is 0.309 e. The molecule has 2 aliphatic rings. The van der Waals surface area contributed by atoms with Crippen LogP contribution in [-0.4, -0.2) is 55.2 Å². The van der Waals surface area contributed by atoms with Gasteiger partial charge in [-0.15, -0.1) is 0 Å². The van der Waals surface area contributed by atoms with Gasteiger partial charge in [0.15, 0.2) is 0 Å². The summed E-state index contributed by atoms with van der Waals surface area (Å²) in [6, 6.07) is 6.24. The fourth-order valence-corrected chi connectivity index (χ4v) is 4.87. The molecule has 8 heteroatoms. The number of nitrogens with two attached hydrogens (primary N) is 1. The van der Waals surface area contributed by atoms with Crippen LogP contribution in [0.2, 0.25) is 0 Å². The molecule has 1 spiro atoms. The van der Waals surface area contributed by atoms with Crippen molar-refractivity contribution in [2.45, 2.75) is 57.0 Å². The van der Waals surface area contributed by atoms with Gasteiger partial charge in [-0.3, -0.25) is 14.4 Å². The Morgan fingerprint density at radius 3 is 2.87 bits per heavy atom. The third-order valence-corrected chi connectivity index (χ3v) is 6.66. The van der Waals surface area contributed by atoms with Crippen molar-refractivity contribution in [3.8, 4) is 0 Å². The molecule has 1 aromatic carbocycles. The van der Waals surface area contributed by atoms with Crippen molar-refractivity contribution in [3.63, 3.8) is 0 Å². The van der Waals surface area contributed by atoms with Crippen LogP contribution in [0.1, 0.15) is 54.4 Å². The van der Waals surface area contributed by atoms with Crippen LogP contribution >= 0.6 is 0 Å². The lowest BCUT2D eigenvalue weighted by atomic mass is 9.92. The first-order chi connectivity index (χ1) is 14.9. The van der Waals surface area contributed by atoms with Gasteiger partial charge in [-0.2, -0.15) is 0 Å². The number of methoxy groups -OCH3 is 1. The highest BCUT2D eigenvalue weighted by atomic mass is 16.5. The summed E-state index contributed by atoms with van der Waals surface area (Å²) in [5.74, 6) is -0.958. The zero-order valence-electron chi connectivity index (χ0n) is 18.1. The van der Waals surface area contributed by atoms with E-state index in [0.717, 1.165) is 31.2 Å². The summed E-state index contributed by atoms with van der Waals surface area (Å²) < 4.78 is 4.95. The molecular weight excluding hydrogens is 398 g/mol. The van der Waals surface area contributed by atoms with E-state index in [4.69, 9.17) is 15.6 Å². The molecule has 2 aliphatic carbocycles. The highest BCUT2D eigenvalue weighted by molar-refractivity contribution is 5.97. The first-order valence-corrected chi connectivity index (χ1v) is 11.0. The van der Waals surface area contributed by atoms with Crippen molar-refractivity contribution in [3.05, 3.63) is 35.4 Å². The van der Waals surface area contributed by atoms with Gasteiger partial charge in [-0.05, 0) is 62.8 Å². The molecule has 0 bridgehead atoms. The molecule has 4 atom stereocenters. The summed E-state index contributed by atoms with van der Waals surface area (Å²) >= 11 is 0. The molecule has 0 aliphatic heterocycles. The van der Waals surface area contributed by atoms with E-state index in [9.17, 15) is 14.4 Å². The van der Waals surface area contributed by atoms with E-state index in [1.54, 1.807) is 18.2 Å². The van der Waals surface area contributed by atoms with E-state index in [1.807, 2.05) is 6.07 Å². The number of benzene rings is 1. The summed E-state index contributed by atoms with van der Waals surface area (Å²) in [7, 11) is 1.40. The maximum absolute atomic E-state index is 13.0. The van der Waals surface area contributed by atoms with E-state index >= 15 is 0 Å². The van der Waals surface area contributed by atoms with Crippen LogP contribution in [0.5, 0.6) is 0 Å². The molecule has 5 N–H and O–H groups in total. The van der Waals surface area contributed by atoms with Gasteiger partial charge < -0.3 is 26.2 Å². The maximum Gasteiger partial charge on any atom is 0.309 e. The van der Waals surface area contributed by atoms with Gasteiger partial charge in [0.25, 0.3) is 5.91 Å². The first kappa shape index (κ1) is 23.2. The minimum absolute atomic E-state index is 0.00229. The third-order valence-electron chi connectivity index (χ3n) is 6.66. The topological polar surface area (TPSA) is 131 Å². The number of ether oxygens (including phenoxy) is 1. The van der Waals surface area contributed by atoms with Crippen LogP contribution in [0.15, 0.2) is 24.3 Å². The molecule has 0 aromatic heterocycles. The molecular formula is C23H33N3O5. The Morgan fingerprint density at radius 2 is 2.16 bits per heavy atom. The van der Waals surface area contributed by atoms with Gasteiger partial charge in [-0.1, -0.05) is 18.6 Å². The summed E-state index contributed by atoms with van der Waals surface area (Å²) in [5, 5.41) is 15.0. The van der Waals surface area contributed by atoms with Crippen LogP contribution in [0, 0.1) is 11.3 Å². The quantitative estimate of drug-likeness (QED) is 0.407. The second kappa shape index (κ2) is 10.2. The van der Waals surface area contributed by atoms with Crippen molar-refractivity contribution in [2.75, 3.05) is 20.3 Å². The van der Waals surface area contributed by atoms with E-state index in [1.165, 1.54) is 7.11 Å². The number of carbonyl (C=O) groups excluding carboxylic acids is 3. The van der Waals surface area contributed by atoms with Crippen LogP contribution < -0.4 is 16.4 Å². The Balaban J connectivity index is 1.64. The molecule has 1 aromatic rings. The predicted molar refractivity (Wildman–Crippen MR) is 115 cm³/mol. The van der Waals surface area contributed by atoms with Crippen LogP contribution in [0.25, 0.3) is 0 Å². The van der Waals surface area contributed by atoms with E-state index in [2.05, 4.69) is 10.6 Å². The van der Waals surface area contributed by atoms with Gasteiger partial charge in [0.05, 0.1) is 13.0 Å². The summed E-state index contributed by atoms with van der Waals surface area (Å²) in [5.41, 5.74) is 6.72. The van der Waals surface area contributed by atoms with Crippen LogP contribution in [0.3, 0.4) is 0 Å². The third kappa shape index (κ3) is 5.25. The lowest BCUT2D eigenvalue weighted by molar-refractivity contribution is -0.147. The predicted octanol–water partition coefficient (Wildman–Crippen LogP) is 0.907. The lowest BCUT2D eigenvalue weighted by Crippen LogP contribution is -2.48. The lowest BCUT2D eigenvalue weighted by Gasteiger charge is -2.21. The van der Waals surface area contributed by atoms with Crippen molar-refractivity contribution >= 4 is 17.8 Å². The summed E-state index contributed by atoms with van der Waals surface area (Å²) in [6.45, 7) is 0.422. The molecule has 2 amide bonds. The van der Waals surface area contributed by atoms with Gasteiger partial charge in [0.1, 0.15) is 6.04 Å². The van der Waals surface area contributed by atoms with Gasteiger partial charge in [-0.25, -0.2) is 0 Å². The van der Waals surface area contributed by atoms with Crippen molar-refractivity contribution in [1.82, 2.24) is 10.6 Å². The molecule has 2 fully saturated rings. The normalized spacial score (nSPS) is 25.1. The van der Waals surface area contributed by atoms with Crippen molar-refractivity contribution < 1.29 is 24.2 Å². The van der Waals surface area contributed by atoms with Crippen LogP contribution in [0.4, 0.5) is 0 Å². The maximum atomic E-state index is 13.0. The highest BCUT2D eigenvalue weighted by Crippen LogP contribution is 2.61. The average molecular weight is 432 g/mol. The largest absolute Gasteiger partial charge is 0.469 e. The fourth-order valence-electron chi connectivity index (χ4n) is 4.87. The number of aliphatic hydroxyl groups excluding tert-OH is 1. The Labute approximate surface area is 182 Å². The zero-order chi connectivity index (χ0) is 22.4. The number of amides is 2. The molecule has 0 unspecified atom stereocenters. The number of esters is 1. The molecule has 31 heavy (non-hydrogen) atoms. The number of aliphatic hydroxyl groups is 1. The summed E-state index contributed by atoms with van der Waals surface area (Å²) in [6.07, 6.45) is 4.89. The SMILES string of the molecule is COC(=O)[C@@H]1CCC[C@]12C[C@@H]2NC(=O)[C@H](CCCN)NC(=O)c1cccc(CCO)c1. The van der Waals surface area contributed by atoms with Crippen LogP contribution in [-0.2, 0) is 20.7 Å². The standard InChI is InChI=1S/C23H33N3O5/c1-31-22(30)17-7-3-10-23(17)14-19(23)26-21(29)18(8-4-11-24)25-20(28)16-6-2-5-15(13-16)9-12-27/h2,5-6,13,17-19,27H,3-4,7-12,14,24H2,1H3,(H,25,28)(H,26,29)/t17-,18-,19-,23-/m0/s1. The van der Waals surface area contributed by atoms with Crippen molar-refractivity contribution in [2.24, 2.45) is 17.1 Å². The molecule has 3 rings (SSSR count). The van der Waals surface area contributed by atoms with Crippen molar-refractivity contribution in [1.29, 1.82) is 0 Å². The fraction of sp³-hybridized carbons (Fsp3) is 0.609. The molecule has 8 nitrogen and oxygen atoms in total. The number of nitrogens with one attached hydrogen (secondary N) is 2. The second-order valence-electron chi connectivity index (χ2n) is 8.60. The molecule has 0 saturated heterocycles. The Morgan fingerprint density at radius 1 is 1.35 bits per heavy atom. The zero-order valence-corrected chi connectivity index (χ0v) is 18.1. The molecule has 0 heterocycles. The van der Waals surface area contributed by atoms with E-state index in [0.29, 0.717) is 31.4 Å². The van der Waals surface area contributed by atoms with E-state index < -0.39 is 6.04 Å². The Hall–Kier alpha value is -2.45. The first-order valence-electron chi connectivity index (χ1n) is 11.0. The Kier molecular flexibility index (Phi) is 7.67. The van der Waals surface area contributed by atoms with Gasteiger partial charge in [0, 0.05) is 23.6 Å². The number of carbonyl (C=O) groups is 3. The number of hydrogen-bond acceptors (Lipinski definition) is 6. The number of hydrogen-bond donors (Lipinski definition) is 4. The molecule has 0 radical (unpaired) electrons. The van der Waals surface area contributed by atoms with E-state index in [-0.39, 0.29) is 41.8 Å². The molecule has 2 saturated carbocycles. The summed E-state index contributed by atoms with van der Waals surface area (Å²) in [4.78, 5) is 37.9. The Bertz CT molecular complexity index is 814. The monoisotopic (exact) mass is 431 g/mol. The highest BCUT2D eigenvalue weighted by Gasteiger charge is 2.64. The van der Waals surface area contributed by atoms with Gasteiger partial charge in [0.2, 0.25) is 5.91 Å². The number of rotatable bonds is 10. The average Bonchev–Trinajstić information content (AvgIpc) is 3.27. The minimum Gasteiger partial charge on any atom is -0.469 e. The second-order valence-corrected chi connectivity index (χ2v) is 8.60. The minimum atomic E-state index is -0.701. The molecule has 170 valence electrons. The van der Waals surface area contributed by atoms with Gasteiger partial charge >= 0.3 is 5.97 Å².